The summed E-state index contributed by atoms with van der Waals surface area (Å²) < 4.78 is 5.23. The number of hydrogen-bond acceptors (Lipinski definition) is 2. The lowest BCUT2D eigenvalue weighted by Gasteiger charge is -2.28. The maximum Gasteiger partial charge on any atom is 0.339 e. The Morgan fingerprint density at radius 2 is 1.94 bits per heavy atom. The Balaban J connectivity index is 2.46. The molecule has 0 saturated heterocycles. The third-order valence-corrected chi connectivity index (χ3v) is 3.41. The monoisotopic (exact) mass is 270 g/mol. The van der Waals surface area contributed by atoms with Crippen LogP contribution < -0.4 is 4.90 Å². The van der Waals surface area contributed by atoms with E-state index in [1.54, 1.807) is 24.3 Å². The van der Waals surface area contributed by atoms with E-state index in [-0.39, 0.29) is 11.5 Å². The number of rotatable bonds is 4. The first-order chi connectivity index (χ1) is 8.32. The van der Waals surface area contributed by atoms with Crippen molar-refractivity contribution in [1.29, 1.82) is 0 Å². The van der Waals surface area contributed by atoms with Gasteiger partial charge in [0.05, 0.1) is 23.2 Å². The Bertz CT molecular complexity index is 413. The molecule has 0 aliphatic rings. The van der Waals surface area contributed by atoms with Gasteiger partial charge in [-0.25, -0.2) is 4.79 Å². The molecule has 0 spiro atoms. The predicted molar refractivity (Wildman–Crippen MR) is 73.2 cm³/mol. The van der Waals surface area contributed by atoms with Gasteiger partial charge in [0.25, 0.3) is 0 Å². The van der Waals surface area contributed by atoms with E-state index in [0.717, 1.165) is 6.54 Å². The van der Waals surface area contributed by atoms with Gasteiger partial charge in [-0.3, -0.25) is 0 Å². The van der Waals surface area contributed by atoms with Gasteiger partial charge in [-0.1, -0.05) is 23.7 Å². The molecule has 1 aromatic carbocycles. The predicted octanol–water partition coefficient (Wildman–Crippen LogP) is 1.81. The fraction of sp³-hybridized carbons (Fsp3) is 0.500. The van der Waals surface area contributed by atoms with Crippen molar-refractivity contribution in [3.8, 4) is 0 Å². The minimum Gasteiger partial charge on any atom is -0.456 e. The maximum atomic E-state index is 11.8. The third kappa shape index (κ3) is 4.31. The molecular formula is C14H21ClNO2+. The highest BCUT2D eigenvalue weighted by molar-refractivity contribution is 6.33. The van der Waals surface area contributed by atoms with Crippen LogP contribution in [0.25, 0.3) is 0 Å². The van der Waals surface area contributed by atoms with Crippen molar-refractivity contribution >= 4 is 17.6 Å². The number of benzene rings is 1. The van der Waals surface area contributed by atoms with Crippen LogP contribution >= 0.6 is 11.6 Å². The number of halogens is 1. The second-order valence-corrected chi connectivity index (χ2v) is 5.80. The SMILES string of the molecule is C[NH+](CCOC(=O)c1ccccc1Cl)C(C)(C)C. The average molecular weight is 271 g/mol. The summed E-state index contributed by atoms with van der Waals surface area (Å²) in [5.74, 6) is -0.359. The van der Waals surface area contributed by atoms with Crippen LogP contribution in [0.4, 0.5) is 0 Å². The van der Waals surface area contributed by atoms with Crippen LogP contribution in [0.5, 0.6) is 0 Å². The Labute approximate surface area is 114 Å². The van der Waals surface area contributed by atoms with Gasteiger partial charge in [-0.15, -0.1) is 0 Å². The summed E-state index contributed by atoms with van der Waals surface area (Å²) >= 11 is 5.93. The molecule has 0 heterocycles. The zero-order chi connectivity index (χ0) is 13.8. The summed E-state index contributed by atoms with van der Waals surface area (Å²) in [7, 11) is 2.09. The van der Waals surface area contributed by atoms with Crippen LogP contribution in [0.3, 0.4) is 0 Å². The number of nitrogens with one attached hydrogen (secondary N) is 1. The number of hydrogen-bond donors (Lipinski definition) is 1. The first-order valence-electron chi connectivity index (χ1n) is 6.07. The number of likely N-dealkylation sites (N-methyl/N-ethyl adjacent to an activating group) is 1. The van der Waals surface area contributed by atoms with E-state index in [4.69, 9.17) is 16.3 Å². The minimum absolute atomic E-state index is 0.150. The first-order valence-corrected chi connectivity index (χ1v) is 6.44. The molecule has 0 aromatic heterocycles. The summed E-state index contributed by atoms with van der Waals surface area (Å²) in [6.07, 6.45) is 0. The highest BCUT2D eigenvalue weighted by atomic mass is 35.5. The summed E-state index contributed by atoms with van der Waals surface area (Å²) in [6.45, 7) is 7.63. The standard InChI is InChI=1S/C14H20ClNO2/c1-14(2,3)16(4)9-10-18-13(17)11-7-5-6-8-12(11)15/h5-8H,9-10H2,1-4H3/p+1. The molecule has 0 aliphatic carbocycles. The molecule has 0 aliphatic heterocycles. The summed E-state index contributed by atoms with van der Waals surface area (Å²) in [5, 5.41) is 0.430. The van der Waals surface area contributed by atoms with Crippen molar-refractivity contribution in [2.24, 2.45) is 0 Å². The van der Waals surface area contributed by atoms with Crippen molar-refractivity contribution in [1.82, 2.24) is 0 Å². The molecule has 0 radical (unpaired) electrons. The zero-order valence-corrected chi connectivity index (χ0v) is 12.2. The Kier molecular flexibility index (Phi) is 5.17. The maximum absolute atomic E-state index is 11.8. The molecule has 18 heavy (non-hydrogen) atoms. The highest BCUT2D eigenvalue weighted by Gasteiger charge is 2.21. The van der Waals surface area contributed by atoms with Gasteiger partial charge >= 0.3 is 5.97 Å². The Morgan fingerprint density at radius 3 is 2.50 bits per heavy atom. The number of quaternary nitrogens is 1. The van der Waals surface area contributed by atoms with Crippen LogP contribution in [0.15, 0.2) is 24.3 Å². The number of esters is 1. The van der Waals surface area contributed by atoms with E-state index in [1.807, 2.05) is 0 Å². The van der Waals surface area contributed by atoms with Crippen molar-refractivity contribution in [3.63, 3.8) is 0 Å². The molecule has 0 fully saturated rings. The lowest BCUT2D eigenvalue weighted by Crippen LogP contribution is -3.16. The van der Waals surface area contributed by atoms with Gasteiger partial charge in [-0.05, 0) is 32.9 Å². The first kappa shape index (κ1) is 15.0. The van der Waals surface area contributed by atoms with E-state index < -0.39 is 0 Å². The Morgan fingerprint density at radius 1 is 1.33 bits per heavy atom. The van der Waals surface area contributed by atoms with Crippen LogP contribution in [-0.2, 0) is 4.74 Å². The van der Waals surface area contributed by atoms with E-state index >= 15 is 0 Å². The normalized spacial score (nSPS) is 13.2. The fourth-order valence-corrected chi connectivity index (χ4v) is 1.59. The van der Waals surface area contributed by atoms with Gasteiger partial charge < -0.3 is 9.64 Å². The smallest absolute Gasteiger partial charge is 0.339 e. The molecule has 0 amide bonds. The van der Waals surface area contributed by atoms with Gasteiger partial charge in [-0.2, -0.15) is 0 Å². The van der Waals surface area contributed by atoms with Gasteiger partial charge in [0, 0.05) is 0 Å². The van der Waals surface area contributed by atoms with Gasteiger partial charge in [0.2, 0.25) is 0 Å². The van der Waals surface area contributed by atoms with Gasteiger partial charge in [0.1, 0.15) is 13.2 Å². The molecule has 4 heteroatoms. The fourth-order valence-electron chi connectivity index (χ4n) is 1.38. The molecule has 100 valence electrons. The summed E-state index contributed by atoms with van der Waals surface area (Å²) in [4.78, 5) is 13.1. The number of ether oxygens (including phenoxy) is 1. The molecule has 1 N–H and O–H groups in total. The van der Waals surface area contributed by atoms with Crippen molar-refractivity contribution < 1.29 is 14.4 Å². The van der Waals surface area contributed by atoms with E-state index in [2.05, 4.69) is 27.8 Å². The second kappa shape index (κ2) is 6.21. The van der Waals surface area contributed by atoms with Crippen LogP contribution in [-0.4, -0.2) is 31.7 Å². The van der Waals surface area contributed by atoms with E-state index in [0.29, 0.717) is 17.2 Å². The lowest BCUT2D eigenvalue weighted by atomic mass is 10.1. The highest BCUT2D eigenvalue weighted by Crippen LogP contribution is 2.15. The third-order valence-electron chi connectivity index (χ3n) is 3.08. The lowest BCUT2D eigenvalue weighted by molar-refractivity contribution is -0.927. The molecule has 1 unspecified atom stereocenters. The summed E-state index contributed by atoms with van der Waals surface area (Å²) in [6, 6.07) is 6.92. The minimum atomic E-state index is -0.359. The van der Waals surface area contributed by atoms with Crippen molar-refractivity contribution in [3.05, 3.63) is 34.9 Å². The van der Waals surface area contributed by atoms with Gasteiger partial charge in [0.15, 0.2) is 0 Å². The van der Waals surface area contributed by atoms with E-state index in [1.165, 1.54) is 4.90 Å². The Hall–Kier alpha value is -1.06. The molecule has 3 nitrogen and oxygen atoms in total. The van der Waals surface area contributed by atoms with Crippen molar-refractivity contribution in [2.75, 3.05) is 20.2 Å². The quantitative estimate of drug-likeness (QED) is 0.846. The topological polar surface area (TPSA) is 30.7 Å². The molecule has 1 atom stereocenters. The zero-order valence-electron chi connectivity index (χ0n) is 11.4. The molecule has 0 saturated carbocycles. The molecule has 1 rings (SSSR count). The van der Waals surface area contributed by atoms with Crippen LogP contribution in [0, 0.1) is 0 Å². The van der Waals surface area contributed by atoms with Crippen molar-refractivity contribution in [2.45, 2.75) is 26.3 Å². The van der Waals surface area contributed by atoms with Crippen LogP contribution in [0.2, 0.25) is 5.02 Å². The van der Waals surface area contributed by atoms with Crippen LogP contribution in [0.1, 0.15) is 31.1 Å². The largest absolute Gasteiger partial charge is 0.456 e. The number of carbonyl (C=O) groups is 1. The molecular weight excluding hydrogens is 250 g/mol. The number of carbonyl (C=O) groups excluding carboxylic acids is 1. The average Bonchev–Trinajstić information content (AvgIpc) is 2.28. The summed E-state index contributed by atoms with van der Waals surface area (Å²) in [5.41, 5.74) is 0.573. The van der Waals surface area contributed by atoms with E-state index in [9.17, 15) is 4.79 Å². The molecule has 0 bridgehead atoms. The second-order valence-electron chi connectivity index (χ2n) is 5.40. The molecule has 1 aromatic rings.